The molecule has 0 unspecified atom stereocenters. The third-order valence-electron chi connectivity index (χ3n) is 2.88. The number of hydrogen-bond donors (Lipinski definition) is 3. The van der Waals surface area contributed by atoms with Crippen LogP contribution >= 0.6 is 23.8 Å². The van der Waals surface area contributed by atoms with Crippen LogP contribution in [0.25, 0.3) is 0 Å². The molecule has 0 radical (unpaired) electrons. The summed E-state index contributed by atoms with van der Waals surface area (Å²) >= 11 is 10.9. The van der Waals surface area contributed by atoms with Crippen LogP contribution in [0.5, 0.6) is 5.75 Å². The Morgan fingerprint density at radius 1 is 1.25 bits per heavy atom. The number of carbonyl (C=O) groups is 1. The molecule has 0 bridgehead atoms. The van der Waals surface area contributed by atoms with Gasteiger partial charge in [0.25, 0.3) is 5.91 Å². The van der Waals surface area contributed by atoms with Gasteiger partial charge in [-0.15, -0.1) is 0 Å². The maximum Gasteiger partial charge on any atom is 0.276 e. The quantitative estimate of drug-likeness (QED) is 0.572. The Labute approximate surface area is 149 Å². The SMILES string of the molecule is Cc1ccc(Cl)c(OCC(=O)NNC(=S)Nc2ccccc2F)c1. The van der Waals surface area contributed by atoms with Gasteiger partial charge in [-0.1, -0.05) is 29.8 Å². The molecule has 1 amide bonds. The number of ether oxygens (including phenoxy) is 1. The van der Waals surface area contributed by atoms with Gasteiger partial charge >= 0.3 is 0 Å². The van der Waals surface area contributed by atoms with Crippen LogP contribution in [0.2, 0.25) is 5.02 Å². The zero-order valence-electron chi connectivity index (χ0n) is 12.7. The van der Waals surface area contributed by atoms with Crippen LogP contribution < -0.4 is 20.9 Å². The number of halogens is 2. The molecule has 126 valence electrons. The number of benzene rings is 2. The van der Waals surface area contributed by atoms with Gasteiger partial charge in [-0.3, -0.25) is 15.6 Å². The standard InChI is InChI=1S/C16H15ClFN3O2S/c1-10-6-7-11(17)14(8-10)23-9-15(22)20-21-16(24)19-13-5-3-2-4-12(13)18/h2-8H,9H2,1H3,(H,20,22)(H2,19,21,24). The molecule has 0 aliphatic heterocycles. The van der Waals surface area contributed by atoms with Crippen molar-refractivity contribution in [2.75, 3.05) is 11.9 Å². The first-order valence-electron chi connectivity index (χ1n) is 6.95. The summed E-state index contributed by atoms with van der Waals surface area (Å²) in [7, 11) is 0. The van der Waals surface area contributed by atoms with E-state index in [9.17, 15) is 9.18 Å². The van der Waals surface area contributed by atoms with Crippen LogP contribution in [0.1, 0.15) is 5.56 Å². The van der Waals surface area contributed by atoms with Crippen LogP contribution in [0, 0.1) is 12.7 Å². The maximum absolute atomic E-state index is 13.5. The van der Waals surface area contributed by atoms with Crippen molar-refractivity contribution in [2.45, 2.75) is 6.92 Å². The van der Waals surface area contributed by atoms with Gasteiger partial charge in [-0.05, 0) is 49.0 Å². The number of carbonyl (C=O) groups excluding carboxylic acids is 1. The number of hydrogen-bond acceptors (Lipinski definition) is 3. The Balaban J connectivity index is 1.77. The molecule has 0 saturated heterocycles. The summed E-state index contributed by atoms with van der Waals surface area (Å²) in [5.41, 5.74) is 5.97. The second kappa shape index (κ2) is 8.47. The molecule has 0 heterocycles. The summed E-state index contributed by atoms with van der Waals surface area (Å²) in [5, 5.41) is 3.08. The highest BCUT2D eigenvalue weighted by Gasteiger charge is 2.07. The molecule has 24 heavy (non-hydrogen) atoms. The van der Waals surface area contributed by atoms with Crippen molar-refractivity contribution in [3.8, 4) is 5.75 Å². The first kappa shape index (κ1) is 18.0. The lowest BCUT2D eigenvalue weighted by atomic mass is 10.2. The molecule has 0 aliphatic rings. The molecule has 0 fully saturated rings. The van der Waals surface area contributed by atoms with Crippen LogP contribution in [0.4, 0.5) is 10.1 Å². The number of anilines is 1. The molecule has 0 atom stereocenters. The van der Waals surface area contributed by atoms with Gasteiger partial charge in [0.2, 0.25) is 0 Å². The average molecular weight is 368 g/mol. The van der Waals surface area contributed by atoms with E-state index in [1.54, 1.807) is 24.3 Å². The number of amides is 1. The lowest BCUT2D eigenvalue weighted by Gasteiger charge is -2.13. The van der Waals surface area contributed by atoms with E-state index in [0.29, 0.717) is 10.8 Å². The molecule has 5 nitrogen and oxygen atoms in total. The Morgan fingerprint density at radius 2 is 2.00 bits per heavy atom. The highest BCUT2D eigenvalue weighted by atomic mass is 35.5. The second-order valence-electron chi connectivity index (χ2n) is 4.83. The predicted octanol–water partition coefficient (Wildman–Crippen LogP) is 3.18. The van der Waals surface area contributed by atoms with Gasteiger partial charge in [0.1, 0.15) is 11.6 Å². The highest BCUT2D eigenvalue weighted by molar-refractivity contribution is 7.80. The molecule has 2 aromatic rings. The fourth-order valence-electron chi connectivity index (χ4n) is 1.74. The summed E-state index contributed by atoms with van der Waals surface area (Å²) in [6.45, 7) is 1.64. The van der Waals surface area contributed by atoms with Crippen LogP contribution in [-0.2, 0) is 4.79 Å². The Hall–Kier alpha value is -2.38. The fraction of sp³-hybridized carbons (Fsp3) is 0.125. The molecular formula is C16H15ClFN3O2S. The summed E-state index contributed by atoms with van der Waals surface area (Å²) in [6.07, 6.45) is 0. The number of aryl methyl sites for hydroxylation is 1. The van der Waals surface area contributed by atoms with Crippen molar-refractivity contribution in [2.24, 2.45) is 0 Å². The largest absolute Gasteiger partial charge is 0.482 e. The van der Waals surface area contributed by atoms with E-state index in [1.807, 2.05) is 13.0 Å². The summed E-state index contributed by atoms with van der Waals surface area (Å²) in [5.74, 6) is -0.505. The molecule has 8 heteroatoms. The minimum absolute atomic E-state index is 0.0436. The van der Waals surface area contributed by atoms with E-state index in [0.717, 1.165) is 5.56 Å². The number of thiocarbonyl (C=S) groups is 1. The Bertz CT molecular complexity index is 758. The lowest BCUT2D eigenvalue weighted by molar-refractivity contribution is -0.123. The van der Waals surface area contributed by atoms with E-state index in [-0.39, 0.29) is 17.4 Å². The minimum atomic E-state index is -0.467. The van der Waals surface area contributed by atoms with Crippen molar-refractivity contribution in [3.05, 3.63) is 58.9 Å². The van der Waals surface area contributed by atoms with Crippen molar-refractivity contribution >= 4 is 40.5 Å². The number of rotatable bonds is 4. The number of hydrazine groups is 1. The molecule has 0 saturated carbocycles. The van der Waals surface area contributed by atoms with E-state index >= 15 is 0 Å². The summed E-state index contributed by atoms with van der Waals surface area (Å²) < 4.78 is 18.8. The van der Waals surface area contributed by atoms with Gasteiger partial charge in [-0.2, -0.15) is 0 Å². The van der Waals surface area contributed by atoms with Crippen molar-refractivity contribution in [1.82, 2.24) is 10.9 Å². The van der Waals surface area contributed by atoms with Crippen LogP contribution in [0.3, 0.4) is 0 Å². The zero-order chi connectivity index (χ0) is 17.5. The zero-order valence-corrected chi connectivity index (χ0v) is 14.3. The molecule has 2 aromatic carbocycles. The van der Waals surface area contributed by atoms with Crippen molar-refractivity contribution in [3.63, 3.8) is 0 Å². The maximum atomic E-state index is 13.5. The van der Waals surface area contributed by atoms with E-state index in [4.69, 9.17) is 28.6 Å². The Kier molecular flexibility index (Phi) is 6.34. The molecule has 3 N–H and O–H groups in total. The van der Waals surface area contributed by atoms with Gasteiger partial charge in [0.05, 0.1) is 10.7 Å². The predicted molar refractivity (Wildman–Crippen MR) is 95.6 cm³/mol. The molecule has 2 rings (SSSR count). The second-order valence-corrected chi connectivity index (χ2v) is 5.65. The van der Waals surface area contributed by atoms with Gasteiger partial charge in [0, 0.05) is 0 Å². The number of para-hydroxylation sites is 1. The monoisotopic (exact) mass is 367 g/mol. The van der Waals surface area contributed by atoms with Crippen molar-refractivity contribution < 1.29 is 13.9 Å². The third-order valence-corrected chi connectivity index (χ3v) is 3.40. The van der Waals surface area contributed by atoms with Gasteiger partial charge < -0.3 is 10.1 Å². The van der Waals surface area contributed by atoms with E-state index in [1.165, 1.54) is 12.1 Å². The lowest BCUT2D eigenvalue weighted by Crippen LogP contribution is -2.45. The Morgan fingerprint density at radius 3 is 2.75 bits per heavy atom. The highest BCUT2D eigenvalue weighted by Crippen LogP contribution is 2.24. The molecular weight excluding hydrogens is 353 g/mol. The normalized spacial score (nSPS) is 9.96. The van der Waals surface area contributed by atoms with E-state index in [2.05, 4.69) is 16.2 Å². The van der Waals surface area contributed by atoms with Gasteiger partial charge in [-0.25, -0.2) is 4.39 Å². The first-order chi connectivity index (χ1) is 11.5. The first-order valence-corrected chi connectivity index (χ1v) is 7.73. The molecule has 0 spiro atoms. The topological polar surface area (TPSA) is 62.4 Å². The molecule has 0 aromatic heterocycles. The fourth-order valence-corrected chi connectivity index (χ4v) is 2.08. The minimum Gasteiger partial charge on any atom is -0.482 e. The van der Waals surface area contributed by atoms with Gasteiger partial charge in [0.15, 0.2) is 11.7 Å². The van der Waals surface area contributed by atoms with Crippen LogP contribution in [0.15, 0.2) is 42.5 Å². The van der Waals surface area contributed by atoms with Crippen molar-refractivity contribution in [1.29, 1.82) is 0 Å². The third kappa shape index (κ3) is 5.36. The van der Waals surface area contributed by atoms with E-state index < -0.39 is 11.7 Å². The smallest absolute Gasteiger partial charge is 0.276 e. The summed E-state index contributed by atoms with van der Waals surface area (Å²) in [6, 6.07) is 11.3. The summed E-state index contributed by atoms with van der Waals surface area (Å²) in [4.78, 5) is 11.7. The van der Waals surface area contributed by atoms with Crippen LogP contribution in [-0.4, -0.2) is 17.6 Å². The average Bonchev–Trinajstić information content (AvgIpc) is 2.56. The number of nitrogens with one attached hydrogen (secondary N) is 3. The molecule has 0 aliphatic carbocycles.